The number of hydrogen-bond acceptors (Lipinski definition) is 8. The highest BCUT2D eigenvalue weighted by Gasteiger charge is 2.28. The molecule has 4 heterocycles. The number of pyridine rings is 1. The SMILES string of the molecule is Cn1cnnc1C1CCN(c2c(-c3ccc(F)nc3)ccc(OCCN3CCOCC3)c2C#N)CC1. The second-order valence-electron chi connectivity index (χ2n) is 9.18. The van der Waals surface area contributed by atoms with E-state index in [0.29, 0.717) is 23.8 Å². The molecule has 2 saturated heterocycles. The fourth-order valence-electron chi connectivity index (χ4n) is 5.03. The lowest BCUT2D eigenvalue weighted by Crippen LogP contribution is -2.38. The molecule has 10 heteroatoms. The molecule has 3 aromatic rings. The number of aryl methyl sites for hydroxylation is 1. The number of morpholine rings is 1. The number of piperidine rings is 1. The zero-order valence-electron chi connectivity index (χ0n) is 20.4. The molecule has 2 fully saturated rings. The third-order valence-electron chi connectivity index (χ3n) is 6.98. The van der Waals surface area contributed by atoms with E-state index in [1.54, 1.807) is 12.4 Å². The lowest BCUT2D eigenvalue weighted by atomic mass is 9.93. The van der Waals surface area contributed by atoms with Crippen molar-refractivity contribution in [3.63, 3.8) is 0 Å². The van der Waals surface area contributed by atoms with Crippen molar-refractivity contribution in [2.24, 2.45) is 7.05 Å². The molecule has 0 radical (unpaired) electrons. The Kier molecular flexibility index (Phi) is 7.39. The first-order chi connectivity index (χ1) is 17.6. The van der Waals surface area contributed by atoms with Crippen LogP contribution in [0, 0.1) is 17.3 Å². The minimum atomic E-state index is -0.534. The average molecular weight is 492 g/mol. The Balaban J connectivity index is 1.41. The van der Waals surface area contributed by atoms with Crippen LogP contribution in [-0.4, -0.2) is 77.2 Å². The van der Waals surface area contributed by atoms with Crippen molar-refractivity contribution < 1.29 is 13.9 Å². The van der Waals surface area contributed by atoms with Gasteiger partial charge in [-0.05, 0) is 37.1 Å². The van der Waals surface area contributed by atoms with Crippen molar-refractivity contribution in [2.45, 2.75) is 18.8 Å². The number of nitrogens with zero attached hydrogens (tertiary/aromatic N) is 7. The van der Waals surface area contributed by atoms with Crippen LogP contribution in [0.4, 0.5) is 10.1 Å². The molecule has 188 valence electrons. The van der Waals surface area contributed by atoms with Gasteiger partial charge in [-0.15, -0.1) is 10.2 Å². The second kappa shape index (κ2) is 11.0. The summed E-state index contributed by atoms with van der Waals surface area (Å²) in [5.74, 6) is 1.32. The van der Waals surface area contributed by atoms with Crippen LogP contribution in [0.1, 0.15) is 30.1 Å². The summed E-state index contributed by atoms with van der Waals surface area (Å²) in [6, 6.07) is 9.23. The predicted octanol–water partition coefficient (Wildman–Crippen LogP) is 2.98. The van der Waals surface area contributed by atoms with Gasteiger partial charge in [0, 0.05) is 63.0 Å². The summed E-state index contributed by atoms with van der Waals surface area (Å²) in [6.07, 6.45) is 5.02. The summed E-state index contributed by atoms with van der Waals surface area (Å²) >= 11 is 0. The molecule has 2 aromatic heterocycles. The van der Waals surface area contributed by atoms with E-state index in [-0.39, 0.29) is 0 Å². The molecule has 0 spiro atoms. The van der Waals surface area contributed by atoms with Gasteiger partial charge >= 0.3 is 0 Å². The summed E-state index contributed by atoms with van der Waals surface area (Å²) in [5.41, 5.74) is 2.91. The van der Waals surface area contributed by atoms with Gasteiger partial charge in [-0.1, -0.05) is 0 Å². The smallest absolute Gasteiger partial charge is 0.212 e. The molecule has 9 nitrogen and oxygen atoms in total. The van der Waals surface area contributed by atoms with E-state index in [0.717, 1.165) is 81.4 Å². The van der Waals surface area contributed by atoms with Crippen molar-refractivity contribution in [3.8, 4) is 22.9 Å². The Morgan fingerprint density at radius 1 is 1.14 bits per heavy atom. The van der Waals surface area contributed by atoms with Crippen molar-refractivity contribution in [1.82, 2.24) is 24.6 Å². The molecule has 0 unspecified atom stereocenters. The molecule has 0 N–H and O–H groups in total. The van der Waals surface area contributed by atoms with Gasteiger partial charge in [0.05, 0.1) is 18.9 Å². The monoisotopic (exact) mass is 491 g/mol. The van der Waals surface area contributed by atoms with Crippen LogP contribution in [0.3, 0.4) is 0 Å². The molecular weight excluding hydrogens is 461 g/mol. The Morgan fingerprint density at radius 3 is 2.61 bits per heavy atom. The van der Waals surface area contributed by atoms with Crippen LogP contribution in [0.2, 0.25) is 0 Å². The van der Waals surface area contributed by atoms with Crippen molar-refractivity contribution in [3.05, 3.63) is 54.1 Å². The largest absolute Gasteiger partial charge is 0.491 e. The number of hydrogen-bond donors (Lipinski definition) is 0. The molecule has 0 amide bonds. The fourth-order valence-corrected chi connectivity index (χ4v) is 5.03. The van der Waals surface area contributed by atoms with Gasteiger partial charge in [0.2, 0.25) is 5.95 Å². The Bertz CT molecular complexity index is 1210. The molecule has 0 bridgehead atoms. The quantitative estimate of drug-likeness (QED) is 0.466. The summed E-state index contributed by atoms with van der Waals surface area (Å²) in [7, 11) is 1.97. The van der Waals surface area contributed by atoms with Crippen LogP contribution in [0.25, 0.3) is 11.1 Å². The number of anilines is 1. The van der Waals surface area contributed by atoms with Gasteiger partial charge in [-0.25, -0.2) is 4.98 Å². The standard InChI is InChI=1S/C26H30FN7O2/c1-32-18-30-31-26(32)19-6-8-34(9-7-19)25-21(20-2-5-24(27)29-17-20)3-4-23(22(25)16-28)36-15-12-33-10-13-35-14-11-33/h2-5,17-19H,6-15H2,1H3. The highest BCUT2D eigenvalue weighted by Crippen LogP contribution is 2.41. The van der Waals surface area contributed by atoms with Crippen molar-refractivity contribution in [2.75, 3.05) is 57.4 Å². The van der Waals surface area contributed by atoms with E-state index < -0.39 is 5.95 Å². The summed E-state index contributed by atoms with van der Waals surface area (Å²) in [4.78, 5) is 8.38. The first-order valence-electron chi connectivity index (χ1n) is 12.3. The second-order valence-corrected chi connectivity index (χ2v) is 9.18. The Labute approximate surface area is 210 Å². The van der Waals surface area contributed by atoms with Gasteiger partial charge in [0.1, 0.15) is 36.1 Å². The van der Waals surface area contributed by atoms with E-state index in [2.05, 4.69) is 31.1 Å². The van der Waals surface area contributed by atoms with E-state index in [1.807, 2.05) is 23.7 Å². The molecule has 0 saturated carbocycles. The van der Waals surface area contributed by atoms with E-state index in [1.165, 1.54) is 12.3 Å². The minimum Gasteiger partial charge on any atom is -0.491 e. The van der Waals surface area contributed by atoms with Crippen LogP contribution in [-0.2, 0) is 11.8 Å². The topological polar surface area (TPSA) is 92.3 Å². The fraction of sp³-hybridized carbons (Fsp3) is 0.462. The van der Waals surface area contributed by atoms with Gasteiger partial charge in [0.25, 0.3) is 0 Å². The van der Waals surface area contributed by atoms with Crippen LogP contribution in [0.15, 0.2) is 36.8 Å². The van der Waals surface area contributed by atoms with Crippen LogP contribution in [0.5, 0.6) is 5.75 Å². The summed E-state index contributed by atoms with van der Waals surface area (Å²) < 4.78 is 27.1. The van der Waals surface area contributed by atoms with Crippen LogP contribution >= 0.6 is 0 Å². The normalized spacial score (nSPS) is 17.2. The number of halogens is 1. The highest BCUT2D eigenvalue weighted by molar-refractivity contribution is 5.85. The number of benzene rings is 1. The molecule has 0 aliphatic carbocycles. The first kappa shape index (κ1) is 24.2. The zero-order chi connectivity index (χ0) is 24.9. The number of aromatic nitrogens is 4. The third kappa shape index (κ3) is 5.17. The lowest BCUT2D eigenvalue weighted by Gasteiger charge is -2.35. The van der Waals surface area contributed by atoms with Crippen LogP contribution < -0.4 is 9.64 Å². The Hall–Kier alpha value is -3.55. The third-order valence-corrected chi connectivity index (χ3v) is 6.98. The van der Waals surface area contributed by atoms with Crippen molar-refractivity contribution in [1.29, 1.82) is 5.26 Å². The van der Waals surface area contributed by atoms with E-state index >= 15 is 0 Å². The maximum atomic E-state index is 13.6. The highest BCUT2D eigenvalue weighted by atomic mass is 19.1. The van der Waals surface area contributed by atoms with Gasteiger partial charge < -0.3 is 18.9 Å². The average Bonchev–Trinajstić information content (AvgIpc) is 3.35. The van der Waals surface area contributed by atoms with Gasteiger partial charge in [-0.3, -0.25) is 4.90 Å². The molecule has 2 aliphatic heterocycles. The van der Waals surface area contributed by atoms with E-state index in [4.69, 9.17) is 9.47 Å². The molecule has 1 aromatic carbocycles. The summed E-state index contributed by atoms with van der Waals surface area (Å²) in [6.45, 7) is 6.01. The maximum Gasteiger partial charge on any atom is 0.212 e. The van der Waals surface area contributed by atoms with Gasteiger partial charge in [-0.2, -0.15) is 9.65 Å². The molecule has 5 rings (SSSR count). The Morgan fingerprint density at radius 2 is 1.94 bits per heavy atom. The molecule has 2 aliphatic rings. The number of nitriles is 1. The number of ether oxygens (including phenoxy) is 2. The van der Waals surface area contributed by atoms with Crippen molar-refractivity contribution >= 4 is 5.69 Å². The van der Waals surface area contributed by atoms with Gasteiger partial charge in [0.15, 0.2) is 0 Å². The summed E-state index contributed by atoms with van der Waals surface area (Å²) in [5, 5.41) is 18.6. The van der Waals surface area contributed by atoms with E-state index in [9.17, 15) is 9.65 Å². The first-order valence-corrected chi connectivity index (χ1v) is 12.3. The maximum absolute atomic E-state index is 13.6. The zero-order valence-corrected chi connectivity index (χ0v) is 20.4. The minimum absolute atomic E-state index is 0.308. The number of rotatable bonds is 7. The molecule has 0 atom stereocenters. The molecular formula is C26H30FN7O2. The predicted molar refractivity (Wildman–Crippen MR) is 132 cm³/mol. The lowest BCUT2D eigenvalue weighted by molar-refractivity contribution is 0.0322. The molecule has 36 heavy (non-hydrogen) atoms.